The molecule has 0 saturated heterocycles. The number of hydrogen-bond donors (Lipinski definition) is 0. The lowest BCUT2D eigenvalue weighted by molar-refractivity contribution is -0.849. The molecule has 10 radical (unpaired) electrons. The van der Waals surface area contributed by atoms with Crippen LogP contribution < -0.4 is 0 Å². The molecule has 6 nitrogen and oxygen atoms in total. The van der Waals surface area contributed by atoms with Gasteiger partial charge < -0.3 is 4.48 Å². The van der Waals surface area contributed by atoms with Crippen molar-refractivity contribution < 1.29 is 28.5 Å². The van der Waals surface area contributed by atoms with Gasteiger partial charge in [0.05, 0.1) is 28.2 Å². The minimum absolute atomic E-state index is 1.00. The fourth-order valence-corrected chi connectivity index (χ4v) is 0. The van der Waals surface area contributed by atoms with Crippen LogP contribution >= 0.6 is 0 Å². The summed E-state index contributed by atoms with van der Waals surface area (Å²) in [5.74, 6) is 0. The van der Waals surface area contributed by atoms with E-state index < -0.39 is 0 Å². The third-order valence-electron chi connectivity index (χ3n) is 0. The minimum atomic E-state index is 1.00. The molecule has 0 aromatic carbocycles. The van der Waals surface area contributed by atoms with E-state index in [1.54, 1.807) is 0 Å². The van der Waals surface area contributed by atoms with E-state index in [1.807, 2.05) is 0 Å². The SMILES string of the molecule is C[N+](C)(C)C.[C]=O.[C]=O.[C]=O.[C]=O.[C]=O. The number of carbonyl (C=O) groups excluding carboxylic acids is 5. The average Bonchev–Trinajstić information content (AvgIpc) is 2.29. The van der Waals surface area contributed by atoms with Gasteiger partial charge in [0, 0.05) is 0 Å². The van der Waals surface area contributed by atoms with E-state index in [9.17, 15) is 0 Å². The van der Waals surface area contributed by atoms with Crippen molar-refractivity contribution in [3.8, 4) is 0 Å². The van der Waals surface area contributed by atoms with Crippen LogP contribution in [0.5, 0.6) is 0 Å². The van der Waals surface area contributed by atoms with E-state index >= 15 is 0 Å². The van der Waals surface area contributed by atoms with Crippen molar-refractivity contribution in [3.63, 3.8) is 0 Å². The standard InChI is InChI=1S/C4H12N.5CO/c1-5(2,3)4;5*1-2/h1-4H3;;;;;/q+1;;;;;. The Labute approximate surface area is 91.5 Å². The molecule has 0 saturated carbocycles. The first-order chi connectivity index (χ1) is 7.00. The zero-order valence-corrected chi connectivity index (χ0v) is 8.99. The van der Waals surface area contributed by atoms with Gasteiger partial charge in [-0.05, 0) is 0 Å². The molecule has 0 spiro atoms. The van der Waals surface area contributed by atoms with Crippen LogP contribution in [-0.4, -0.2) is 66.6 Å². The predicted octanol–water partition coefficient (Wildman–Crippen LogP) is -1.66. The first kappa shape index (κ1) is 37.7. The number of rotatable bonds is 0. The Kier molecular flexibility index (Phi) is 213. The summed E-state index contributed by atoms with van der Waals surface area (Å²) in [6, 6.07) is 0. The van der Waals surface area contributed by atoms with Crippen LogP contribution in [0, 0.1) is 0 Å². The fraction of sp³-hybridized carbons (Fsp3) is 0.444. The quantitative estimate of drug-likeness (QED) is 0.450. The second kappa shape index (κ2) is 84.8. The van der Waals surface area contributed by atoms with E-state index in [-0.39, 0.29) is 0 Å². The summed E-state index contributed by atoms with van der Waals surface area (Å²) in [6.07, 6.45) is 0. The van der Waals surface area contributed by atoms with Crippen LogP contribution in [0.15, 0.2) is 0 Å². The molecular weight excluding hydrogens is 202 g/mol. The third-order valence-corrected chi connectivity index (χ3v) is 0. The second-order valence-electron chi connectivity index (χ2n) is 2.68. The summed E-state index contributed by atoms with van der Waals surface area (Å²) in [5, 5.41) is 0. The molecule has 0 aliphatic rings. The first-order valence-corrected chi connectivity index (χ1v) is 2.81. The van der Waals surface area contributed by atoms with Gasteiger partial charge in [-0.2, -0.15) is 0 Å². The van der Waals surface area contributed by atoms with Gasteiger partial charge in [-0.25, -0.2) is 0 Å². The van der Waals surface area contributed by atoms with Crippen molar-refractivity contribution in [1.82, 2.24) is 0 Å². The van der Waals surface area contributed by atoms with Gasteiger partial charge >= 0.3 is 0 Å². The third kappa shape index (κ3) is 458. The number of hydrogen-bond acceptors (Lipinski definition) is 5. The second-order valence-corrected chi connectivity index (χ2v) is 2.68. The Morgan fingerprint density at radius 2 is 0.467 bits per heavy atom. The van der Waals surface area contributed by atoms with Crippen LogP contribution in [0.2, 0.25) is 0 Å². The molecule has 0 aromatic rings. The van der Waals surface area contributed by atoms with Crippen molar-refractivity contribution in [1.29, 1.82) is 0 Å². The van der Waals surface area contributed by atoms with E-state index in [0.717, 1.165) is 4.48 Å². The van der Waals surface area contributed by atoms with E-state index in [1.165, 1.54) is 0 Å². The van der Waals surface area contributed by atoms with Crippen molar-refractivity contribution in [2.75, 3.05) is 28.2 Å². The zero-order chi connectivity index (χ0) is 14.5. The normalized spacial score (nSPS) is 5.33. The number of nitrogens with zero attached hydrogens (tertiary/aromatic N) is 1. The summed E-state index contributed by atoms with van der Waals surface area (Å²) in [6.45, 7) is 22.5. The predicted molar refractivity (Wildman–Crippen MR) is 52.4 cm³/mol. The maximum absolute atomic E-state index is 7.50. The molecule has 0 amide bonds. The highest BCUT2D eigenvalue weighted by Crippen LogP contribution is 1.73. The average molecular weight is 214 g/mol. The summed E-state index contributed by atoms with van der Waals surface area (Å²) >= 11 is 0. The lowest BCUT2D eigenvalue weighted by Gasteiger charge is -2.14. The maximum Gasteiger partial charge on any atom is 0.281 e. The van der Waals surface area contributed by atoms with Crippen LogP contribution in [0.1, 0.15) is 0 Å². The van der Waals surface area contributed by atoms with Crippen molar-refractivity contribution in [2.24, 2.45) is 0 Å². The molecule has 0 rings (SSSR count). The van der Waals surface area contributed by atoms with Crippen LogP contribution in [0.3, 0.4) is 0 Å². The van der Waals surface area contributed by atoms with E-state index in [4.69, 9.17) is 24.0 Å². The molecule has 6 heteroatoms. The molecular formula is C9H12NO5+. The first-order valence-electron chi connectivity index (χ1n) is 2.81. The van der Waals surface area contributed by atoms with Gasteiger partial charge in [-0.1, -0.05) is 0 Å². The molecule has 0 bridgehead atoms. The molecule has 0 N–H and O–H groups in total. The van der Waals surface area contributed by atoms with Crippen molar-refractivity contribution >= 4 is 33.9 Å². The summed E-state index contributed by atoms with van der Waals surface area (Å²) < 4.78 is 1.00. The monoisotopic (exact) mass is 214 g/mol. The van der Waals surface area contributed by atoms with Crippen LogP contribution in [0.25, 0.3) is 0 Å². The minimum Gasteiger partial charge on any atom is -0.333 e. The summed E-state index contributed by atoms with van der Waals surface area (Å²) in [4.78, 5) is 37.5. The van der Waals surface area contributed by atoms with Gasteiger partial charge in [0.15, 0.2) is 0 Å². The maximum atomic E-state index is 7.50. The topological polar surface area (TPSA) is 85.3 Å². The molecule has 0 fully saturated rings. The Balaban J connectivity index is -0.0000000177. The Bertz CT molecular complexity index is 67.5. The molecule has 0 atom stereocenters. The molecule has 0 aromatic heterocycles. The van der Waals surface area contributed by atoms with Crippen LogP contribution in [0.4, 0.5) is 0 Å². The fourth-order valence-electron chi connectivity index (χ4n) is 0. The molecule has 0 unspecified atom stereocenters. The lowest BCUT2D eigenvalue weighted by Crippen LogP contribution is -2.27. The molecule has 0 heterocycles. The smallest absolute Gasteiger partial charge is 0.281 e. The molecule has 0 aliphatic heterocycles. The van der Waals surface area contributed by atoms with Crippen LogP contribution in [-0.2, 0) is 24.0 Å². The Morgan fingerprint density at radius 1 is 0.467 bits per heavy atom. The molecule has 15 heavy (non-hydrogen) atoms. The largest absolute Gasteiger partial charge is 0.333 e. The van der Waals surface area contributed by atoms with Gasteiger partial charge in [0.25, 0.3) is 33.9 Å². The van der Waals surface area contributed by atoms with Crippen molar-refractivity contribution in [2.45, 2.75) is 0 Å². The highest BCUT2D eigenvalue weighted by molar-refractivity contribution is 5.13. The van der Waals surface area contributed by atoms with E-state index in [0.29, 0.717) is 0 Å². The molecule has 82 valence electrons. The summed E-state index contributed by atoms with van der Waals surface area (Å²) in [5.41, 5.74) is 0. The van der Waals surface area contributed by atoms with Gasteiger partial charge in [-0.15, -0.1) is 0 Å². The van der Waals surface area contributed by atoms with Crippen molar-refractivity contribution in [3.05, 3.63) is 0 Å². The lowest BCUT2D eigenvalue weighted by atomic mass is 10.8. The summed E-state index contributed by atoms with van der Waals surface area (Å²) in [7, 11) is 8.50. The highest BCUT2D eigenvalue weighted by atomic mass is 16.1. The number of quaternary nitrogens is 1. The Morgan fingerprint density at radius 3 is 0.467 bits per heavy atom. The van der Waals surface area contributed by atoms with Gasteiger partial charge in [0.1, 0.15) is 0 Å². The van der Waals surface area contributed by atoms with Gasteiger partial charge in [0.2, 0.25) is 0 Å². The highest BCUT2D eigenvalue weighted by Gasteiger charge is 1.88. The zero-order valence-electron chi connectivity index (χ0n) is 8.99. The van der Waals surface area contributed by atoms with Gasteiger partial charge in [-0.3, -0.25) is 24.0 Å². The Hall–Kier alpha value is -1.69. The molecule has 0 aliphatic carbocycles. The van der Waals surface area contributed by atoms with E-state index in [2.05, 4.69) is 62.1 Å².